The summed E-state index contributed by atoms with van der Waals surface area (Å²) in [5.41, 5.74) is 2.56. The summed E-state index contributed by atoms with van der Waals surface area (Å²) in [5.74, 6) is 0.919. The molecule has 0 unspecified atom stereocenters. The molecule has 0 aliphatic carbocycles. The fraction of sp³-hybridized carbons (Fsp3) is 0.550. The Balaban J connectivity index is 0.00000243. The summed E-state index contributed by atoms with van der Waals surface area (Å²) in [6.45, 7) is 7.77. The van der Waals surface area contributed by atoms with Gasteiger partial charge in [0.05, 0.1) is 0 Å². The molecule has 0 atom stereocenters. The highest BCUT2D eigenvalue weighted by Gasteiger charge is 2.21. The number of fused-ring (bicyclic) bond motifs is 1. The SMILES string of the molecule is CN=C(NCCc1c[nH]c2ccccc12)NC1CCN(C(C)C)CC1.I. The quantitative estimate of drug-likeness (QED) is 0.358. The zero-order valence-electron chi connectivity index (χ0n) is 16.1. The molecule has 0 bridgehead atoms. The van der Waals surface area contributed by atoms with Crippen LogP contribution in [0.15, 0.2) is 35.5 Å². The second kappa shape index (κ2) is 10.2. The van der Waals surface area contributed by atoms with Gasteiger partial charge in [0.1, 0.15) is 0 Å². The Bertz CT molecular complexity index is 701. The molecule has 144 valence electrons. The van der Waals surface area contributed by atoms with Gasteiger partial charge < -0.3 is 20.5 Å². The minimum Gasteiger partial charge on any atom is -0.361 e. The van der Waals surface area contributed by atoms with E-state index in [0.717, 1.165) is 18.9 Å². The van der Waals surface area contributed by atoms with Crippen LogP contribution in [0.4, 0.5) is 0 Å². The standard InChI is InChI=1S/C20H31N5.HI/c1-15(2)25-12-9-17(10-13-25)24-20(21-3)22-11-8-16-14-23-19-7-5-4-6-18(16)19;/h4-7,14-15,17,23H,8-13H2,1-3H3,(H2,21,22,24);1H. The van der Waals surface area contributed by atoms with Crippen LogP contribution in [0.2, 0.25) is 0 Å². The molecule has 0 radical (unpaired) electrons. The fourth-order valence-electron chi connectivity index (χ4n) is 3.60. The molecule has 3 rings (SSSR count). The van der Waals surface area contributed by atoms with E-state index in [1.165, 1.54) is 42.4 Å². The molecule has 2 aromatic rings. The number of nitrogens with one attached hydrogen (secondary N) is 3. The van der Waals surface area contributed by atoms with Crippen molar-refractivity contribution in [3.8, 4) is 0 Å². The normalized spacial score (nSPS) is 16.7. The molecule has 26 heavy (non-hydrogen) atoms. The van der Waals surface area contributed by atoms with Crippen molar-refractivity contribution < 1.29 is 0 Å². The lowest BCUT2D eigenvalue weighted by atomic mass is 10.0. The molecule has 1 aliphatic rings. The average Bonchev–Trinajstić information content (AvgIpc) is 3.04. The molecule has 1 fully saturated rings. The van der Waals surface area contributed by atoms with E-state index < -0.39 is 0 Å². The number of hydrogen-bond donors (Lipinski definition) is 3. The maximum Gasteiger partial charge on any atom is 0.191 e. The van der Waals surface area contributed by atoms with E-state index in [9.17, 15) is 0 Å². The Labute approximate surface area is 174 Å². The number of benzene rings is 1. The molecular formula is C20H32IN5. The van der Waals surface area contributed by atoms with Crippen LogP contribution in [0, 0.1) is 0 Å². The van der Waals surface area contributed by atoms with Crippen molar-refractivity contribution in [3.63, 3.8) is 0 Å². The molecule has 0 saturated carbocycles. The topological polar surface area (TPSA) is 55.5 Å². The van der Waals surface area contributed by atoms with Crippen LogP contribution in [0.5, 0.6) is 0 Å². The van der Waals surface area contributed by atoms with Crippen LogP contribution in [0.1, 0.15) is 32.3 Å². The van der Waals surface area contributed by atoms with E-state index >= 15 is 0 Å². The number of aliphatic imine (C=N–C) groups is 1. The number of aromatic nitrogens is 1. The number of hydrogen-bond acceptors (Lipinski definition) is 2. The number of aromatic amines is 1. The number of likely N-dealkylation sites (tertiary alicyclic amines) is 1. The van der Waals surface area contributed by atoms with Crippen molar-refractivity contribution in [2.75, 3.05) is 26.7 Å². The van der Waals surface area contributed by atoms with Gasteiger partial charge in [-0.25, -0.2) is 0 Å². The van der Waals surface area contributed by atoms with Crippen LogP contribution >= 0.6 is 24.0 Å². The van der Waals surface area contributed by atoms with Crippen LogP contribution in [-0.2, 0) is 6.42 Å². The summed E-state index contributed by atoms with van der Waals surface area (Å²) in [5, 5.41) is 8.37. The number of para-hydroxylation sites is 1. The van der Waals surface area contributed by atoms with Gasteiger partial charge in [0.2, 0.25) is 0 Å². The first-order chi connectivity index (χ1) is 12.2. The van der Waals surface area contributed by atoms with Gasteiger partial charge in [-0.1, -0.05) is 18.2 Å². The molecule has 2 heterocycles. The molecule has 0 amide bonds. The second-order valence-corrected chi connectivity index (χ2v) is 7.16. The zero-order chi connectivity index (χ0) is 17.6. The van der Waals surface area contributed by atoms with Gasteiger partial charge in [-0.15, -0.1) is 24.0 Å². The second-order valence-electron chi connectivity index (χ2n) is 7.16. The van der Waals surface area contributed by atoms with Crippen LogP contribution in [-0.4, -0.2) is 54.6 Å². The van der Waals surface area contributed by atoms with Crippen LogP contribution in [0.25, 0.3) is 10.9 Å². The largest absolute Gasteiger partial charge is 0.361 e. The summed E-state index contributed by atoms with van der Waals surface area (Å²) in [7, 11) is 1.85. The van der Waals surface area contributed by atoms with Gasteiger partial charge in [0, 0.05) is 55.9 Å². The lowest BCUT2D eigenvalue weighted by Crippen LogP contribution is -2.50. The molecule has 1 aromatic heterocycles. The van der Waals surface area contributed by atoms with E-state index in [-0.39, 0.29) is 24.0 Å². The molecular weight excluding hydrogens is 437 g/mol. The van der Waals surface area contributed by atoms with Gasteiger partial charge in [0.25, 0.3) is 0 Å². The first-order valence-electron chi connectivity index (χ1n) is 9.43. The summed E-state index contributed by atoms with van der Waals surface area (Å²) in [6, 6.07) is 9.63. The molecule has 1 aromatic carbocycles. The lowest BCUT2D eigenvalue weighted by molar-refractivity contribution is 0.167. The van der Waals surface area contributed by atoms with E-state index in [2.05, 4.69) is 69.8 Å². The summed E-state index contributed by atoms with van der Waals surface area (Å²) in [6.07, 6.45) is 5.46. The van der Waals surface area contributed by atoms with Crippen LogP contribution < -0.4 is 10.6 Å². The Kier molecular flexibility index (Phi) is 8.21. The number of rotatable bonds is 5. The van der Waals surface area contributed by atoms with Gasteiger partial charge in [-0.3, -0.25) is 4.99 Å². The first kappa shape index (κ1) is 21.0. The maximum atomic E-state index is 4.39. The lowest BCUT2D eigenvalue weighted by Gasteiger charge is -2.35. The molecule has 3 N–H and O–H groups in total. The Morgan fingerprint density at radius 1 is 1.27 bits per heavy atom. The maximum absolute atomic E-state index is 4.39. The zero-order valence-corrected chi connectivity index (χ0v) is 18.4. The fourth-order valence-corrected chi connectivity index (χ4v) is 3.60. The van der Waals surface area contributed by atoms with Crippen molar-refractivity contribution in [2.24, 2.45) is 4.99 Å². The number of nitrogens with zero attached hydrogens (tertiary/aromatic N) is 2. The highest BCUT2D eigenvalue weighted by atomic mass is 127. The Morgan fingerprint density at radius 3 is 2.69 bits per heavy atom. The Hall–Kier alpha value is -1.28. The van der Waals surface area contributed by atoms with E-state index in [4.69, 9.17) is 0 Å². The number of guanidine groups is 1. The number of halogens is 1. The first-order valence-corrected chi connectivity index (χ1v) is 9.43. The van der Waals surface area contributed by atoms with Gasteiger partial charge in [-0.2, -0.15) is 0 Å². The highest BCUT2D eigenvalue weighted by molar-refractivity contribution is 14.0. The van der Waals surface area contributed by atoms with Gasteiger partial charge in [-0.05, 0) is 44.7 Å². The van der Waals surface area contributed by atoms with Gasteiger partial charge >= 0.3 is 0 Å². The highest BCUT2D eigenvalue weighted by Crippen LogP contribution is 2.17. The van der Waals surface area contributed by atoms with E-state index in [0.29, 0.717) is 12.1 Å². The molecule has 1 aliphatic heterocycles. The summed E-state index contributed by atoms with van der Waals surface area (Å²) >= 11 is 0. The Morgan fingerprint density at radius 2 is 2.00 bits per heavy atom. The van der Waals surface area contributed by atoms with Crippen LogP contribution in [0.3, 0.4) is 0 Å². The number of piperidine rings is 1. The summed E-state index contributed by atoms with van der Waals surface area (Å²) in [4.78, 5) is 10.3. The van der Waals surface area contributed by atoms with Crippen molar-refractivity contribution in [1.82, 2.24) is 20.5 Å². The van der Waals surface area contributed by atoms with Crippen molar-refractivity contribution >= 4 is 40.8 Å². The minimum atomic E-state index is 0. The van der Waals surface area contributed by atoms with Crippen molar-refractivity contribution in [2.45, 2.75) is 45.2 Å². The minimum absolute atomic E-state index is 0. The third-order valence-corrected chi connectivity index (χ3v) is 5.19. The van der Waals surface area contributed by atoms with E-state index in [1.807, 2.05) is 7.05 Å². The van der Waals surface area contributed by atoms with Crippen molar-refractivity contribution in [3.05, 3.63) is 36.0 Å². The third-order valence-electron chi connectivity index (χ3n) is 5.19. The molecule has 0 spiro atoms. The third kappa shape index (κ3) is 5.36. The average molecular weight is 469 g/mol. The van der Waals surface area contributed by atoms with Crippen molar-refractivity contribution in [1.29, 1.82) is 0 Å². The smallest absolute Gasteiger partial charge is 0.191 e. The molecule has 1 saturated heterocycles. The predicted molar refractivity (Wildman–Crippen MR) is 122 cm³/mol. The predicted octanol–water partition coefficient (Wildman–Crippen LogP) is 3.37. The number of H-pyrrole nitrogens is 1. The van der Waals surface area contributed by atoms with Gasteiger partial charge in [0.15, 0.2) is 5.96 Å². The molecule has 5 nitrogen and oxygen atoms in total. The summed E-state index contributed by atoms with van der Waals surface area (Å²) < 4.78 is 0. The monoisotopic (exact) mass is 469 g/mol. The van der Waals surface area contributed by atoms with E-state index in [1.54, 1.807) is 0 Å². The molecule has 6 heteroatoms.